The van der Waals surface area contributed by atoms with E-state index in [0.717, 1.165) is 23.6 Å². The molecule has 1 fully saturated rings. The van der Waals surface area contributed by atoms with Crippen molar-refractivity contribution in [3.63, 3.8) is 0 Å². The zero-order valence-electron chi connectivity index (χ0n) is 12.5. The molecular weight excluding hydrogens is 258 g/mol. The van der Waals surface area contributed by atoms with E-state index in [0.29, 0.717) is 5.92 Å². The maximum Gasteiger partial charge on any atom is 0.127 e. The minimum atomic E-state index is 0.624. The number of para-hydroxylation sites is 1. The van der Waals surface area contributed by atoms with Gasteiger partial charge in [-0.25, -0.2) is 0 Å². The van der Waals surface area contributed by atoms with E-state index in [-0.39, 0.29) is 0 Å². The van der Waals surface area contributed by atoms with E-state index in [4.69, 9.17) is 9.73 Å². The summed E-state index contributed by atoms with van der Waals surface area (Å²) in [6.07, 6.45) is 5.03. The van der Waals surface area contributed by atoms with Crippen LogP contribution in [0.5, 0.6) is 11.5 Å². The van der Waals surface area contributed by atoms with Crippen LogP contribution in [0.15, 0.2) is 59.6 Å². The Labute approximate surface area is 126 Å². The van der Waals surface area contributed by atoms with Gasteiger partial charge in [-0.15, -0.1) is 0 Å². The van der Waals surface area contributed by atoms with Gasteiger partial charge >= 0.3 is 0 Å². The van der Waals surface area contributed by atoms with Crippen LogP contribution in [0, 0.1) is 5.92 Å². The molecule has 1 aliphatic rings. The third kappa shape index (κ3) is 3.72. The molecule has 2 nitrogen and oxygen atoms in total. The van der Waals surface area contributed by atoms with E-state index < -0.39 is 0 Å². The predicted octanol–water partition coefficient (Wildman–Crippen LogP) is 5.76. The van der Waals surface area contributed by atoms with Crippen molar-refractivity contribution in [2.75, 3.05) is 0 Å². The molecular formula is C19H21NO. The Bertz CT molecular complexity index is 601. The number of aliphatic imine (C=N–C) groups is 1. The van der Waals surface area contributed by atoms with E-state index in [1.807, 2.05) is 54.6 Å². The molecule has 1 aliphatic carbocycles. The third-order valence-electron chi connectivity index (χ3n) is 3.98. The van der Waals surface area contributed by atoms with E-state index in [1.165, 1.54) is 25.0 Å². The molecule has 0 N–H and O–H groups in total. The first-order valence-corrected chi connectivity index (χ1v) is 7.72. The van der Waals surface area contributed by atoms with Gasteiger partial charge in [-0.1, -0.05) is 31.5 Å². The molecule has 0 bridgehead atoms. The van der Waals surface area contributed by atoms with Crippen molar-refractivity contribution in [1.29, 1.82) is 0 Å². The highest BCUT2D eigenvalue weighted by Gasteiger charge is 2.15. The summed E-state index contributed by atoms with van der Waals surface area (Å²) in [4.78, 5) is 4.81. The Hall–Kier alpha value is -2.09. The number of rotatable bonds is 3. The zero-order valence-corrected chi connectivity index (χ0v) is 12.5. The van der Waals surface area contributed by atoms with Crippen molar-refractivity contribution in [3.05, 3.63) is 54.6 Å². The normalized spacial score (nSPS) is 20.4. The van der Waals surface area contributed by atoms with Crippen molar-refractivity contribution in [3.8, 4) is 11.5 Å². The molecule has 0 aliphatic heterocycles. The Morgan fingerprint density at radius 1 is 0.905 bits per heavy atom. The second-order valence-electron chi connectivity index (χ2n) is 5.66. The molecule has 1 saturated carbocycles. The lowest BCUT2D eigenvalue weighted by atomic mass is 9.89. The summed E-state index contributed by atoms with van der Waals surface area (Å²) < 4.78 is 5.80. The van der Waals surface area contributed by atoms with Gasteiger partial charge in [0, 0.05) is 5.71 Å². The molecule has 2 heteroatoms. The average molecular weight is 279 g/mol. The lowest BCUT2D eigenvalue weighted by Gasteiger charge is -2.20. The van der Waals surface area contributed by atoms with Gasteiger partial charge in [0.15, 0.2) is 0 Å². The van der Waals surface area contributed by atoms with Crippen LogP contribution in [0.25, 0.3) is 0 Å². The summed E-state index contributed by atoms with van der Waals surface area (Å²) in [6, 6.07) is 17.9. The van der Waals surface area contributed by atoms with Crippen LogP contribution in [0.3, 0.4) is 0 Å². The highest BCUT2D eigenvalue weighted by atomic mass is 16.5. The van der Waals surface area contributed by atoms with Crippen LogP contribution >= 0.6 is 0 Å². The Morgan fingerprint density at radius 2 is 1.62 bits per heavy atom. The lowest BCUT2D eigenvalue weighted by Crippen LogP contribution is -2.15. The lowest BCUT2D eigenvalue weighted by molar-refractivity contribution is 0.483. The van der Waals surface area contributed by atoms with E-state index in [9.17, 15) is 0 Å². The van der Waals surface area contributed by atoms with Crippen LogP contribution in [0.2, 0.25) is 0 Å². The van der Waals surface area contributed by atoms with Gasteiger partial charge in [0.25, 0.3) is 0 Å². The Morgan fingerprint density at radius 3 is 2.33 bits per heavy atom. The average Bonchev–Trinajstić information content (AvgIpc) is 2.52. The molecule has 0 amide bonds. The minimum absolute atomic E-state index is 0.624. The minimum Gasteiger partial charge on any atom is -0.457 e. The molecule has 1 unspecified atom stereocenters. The van der Waals surface area contributed by atoms with Crippen LogP contribution in [-0.4, -0.2) is 5.71 Å². The second-order valence-corrected chi connectivity index (χ2v) is 5.66. The highest BCUT2D eigenvalue weighted by molar-refractivity contribution is 5.89. The SMILES string of the molecule is CC1CCCCC1=Nc1ccc(Oc2ccccc2)cc1. The Balaban J connectivity index is 1.70. The first-order chi connectivity index (χ1) is 10.3. The van der Waals surface area contributed by atoms with Gasteiger partial charge in [-0.05, 0) is 61.6 Å². The fourth-order valence-electron chi connectivity index (χ4n) is 2.71. The summed E-state index contributed by atoms with van der Waals surface area (Å²) >= 11 is 0. The molecule has 0 aromatic heterocycles. The van der Waals surface area contributed by atoms with Crippen molar-refractivity contribution in [2.24, 2.45) is 10.9 Å². The molecule has 21 heavy (non-hydrogen) atoms. The number of hydrogen-bond acceptors (Lipinski definition) is 2. The standard InChI is InChI=1S/C19H21NO/c1-15-7-5-6-10-19(15)20-16-11-13-18(14-12-16)21-17-8-3-2-4-9-17/h2-4,8-9,11-15H,5-7,10H2,1H3. The first kappa shape index (κ1) is 13.9. The van der Waals surface area contributed by atoms with Crippen molar-refractivity contribution < 1.29 is 4.74 Å². The molecule has 2 aromatic rings. The maximum atomic E-state index is 5.80. The van der Waals surface area contributed by atoms with E-state index in [1.54, 1.807) is 0 Å². The molecule has 0 radical (unpaired) electrons. The third-order valence-corrected chi connectivity index (χ3v) is 3.98. The van der Waals surface area contributed by atoms with Gasteiger partial charge in [-0.2, -0.15) is 0 Å². The second kappa shape index (κ2) is 6.57. The number of benzene rings is 2. The quantitative estimate of drug-likeness (QED) is 0.699. The molecule has 2 aromatic carbocycles. The molecule has 108 valence electrons. The van der Waals surface area contributed by atoms with Gasteiger partial charge in [0.2, 0.25) is 0 Å². The van der Waals surface area contributed by atoms with Crippen molar-refractivity contribution in [2.45, 2.75) is 32.6 Å². The van der Waals surface area contributed by atoms with Gasteiger partial charge in [0.1, 0.15) is 11.5 Å². The fourth-order valence-corrected chi connectivity index (χ4v) is 2.71. The smallest absolute Gasteiger partial charge is 0.127 e. The summed E-state index contributed by atoms with van der Waals surface area (Å²) in [7, 11) is 0. The summed E-state index contributed by atoms with van der Waals surface area (Å²) in [6.45, 7) is 2.28. The largest absolute Gasteiger partial charge is 0.457 e. The van der Waals surface area contributed by atoms with E-state index >= 15 is 0 Å². The number of ether oxygens (including phenoxy) is 1. The Kier molecular flexibility index (Phi) is 4.34. The highest BCUT2D eigenvalue weighted by Crippen LogP contribution is 2.27. The van der Waals surface area contributed by atoms with Gasteiger partial charge in [0.05, 0.1) is 5.69 Å². The number of nitrogens with zero attached hydrogens (tertiary/aromatic N) is 1. The monoisotopic (exact) mass is 279 g/mol. The van der Waals surface area contributed by atoms with Crippen LogP contribution in [0.4, 0.5) is 5.69 Å². The van der Waals surface area contributed by atoms with Crippen LogP contribution in [-0.2, 0) is 0 Å². The molecule has 0 spiro atoms. The van der Waals surface area contributed by atoms with E-state index in [2.05, 4.69) is 6.92 Å². The molecule has 0 saturated heterocycles. The summed E-state index contributed by atoms with van der Waals surface area (Å²) in [5.41, 5.74) is 2.37. The number of hydrogen-bond donors (Lipinski definition) is 0. The van der Waals surface area contributed by atoms with Crippen molar-refractivity contribution >= 4 is 11.4 Å². The maximum absolute atomic E-state index is 5.80. The van der Waals surface area contributed by atoms with Crippen molar-refractivity contribution in [1.82, 2.24) is 0 Å². The van der Waals surface area contributed by atoms with Crippen LogP contribution in [0.1, 0.15) is 32.6 Å². The van der Waals surface area contributed by atoms with Gasteiger partial charge < -0.3 is 4.74 Å². The van der Waals surface area contributed by atoms with Gasteiger partial charge in [-0.3, -0.25) is 4.99 Å². The first-order valence-electron chi connectivity index (χ1n) is 7.72. The van der Waals surface area contributed by atoms with Crippen LogP contribution < -0.4 is 4.74 Å². The summed E-state index contributed by atoms with van der Waals surface area (Å²) in [5, 5.41) is 0. The molecule has 3 rings (SSSR count). The predicted molar refractivity (Wildman–Crippen MR) is 87.7 cm³/mol. The topological polar surface area (TPSA) is 21.6 Å². The molecule has 1 atom stereocenters. The fraction of sp³-hybridized carbons (Fsp3) is 0.316. The summed E-state index contributed by atoms with van der Waals surface area (Å²) in [5.74, 6) is 2.33. The zero-order chi connectivity index (χ0) is 14.5. The molecule has 0 heterocycles.